The third-order valence-corrected chi connectivity index (χ3v) is 6.20. The monoisotopic (exact) mass is 320 g/mol. The highest BCUT2D eigenvalue weighted by Gasteiger charge is 2.38. The van der Waals surface area contributed by atoms with E-state index >= 15 is 0 Å². The molecule has 0 radical (unpaired) electrons. The van der Waals surface area contributed by atoms with Gasteiger partial charge in [0.15, 0.2) is 0 Å². The van der Waals surface area contributed by atoms with Gasteiger partial charge in [-0.05, 0) is 41.7 Å². The third-order valence-electron chi connectivity index (χ3n) is 5.28. The highest BCUT2D eigenvalue weighted by Crippen LogP contribution is 2.43. The van der Waals surface area contributed by atoms with E-state index in [2.05, 4.69) is 28.2 Å². The summed E-state index contributed by atoms with van der Waals surface area (Å²) in [6, 6.07) is 2.66. The van der Waals surface area contributed by atoms with Gasteiger partial charge in [-0.15, -0.1) is 11.3 Å². The number of nitrogens with zero attached hydrogens (tertiary/aromatic N) is 2. The lowest BCUT2D eigenvalue weighted by Crippen LogP contribution is -2.47. The van der Waals surface area contributed by atoms with Crippen molar-refractivity contribution in [3.8, 4) is 0 Å². The molecule has 0 spiro atoms. The van der Waals surface area contributed by atoms with Crippen LogP contribution in [0.4, 0.5) is 0 Å². The van der Waals surface area contributed by atoms with Crippen molar-refractivity contribution in [2.75, 3.05) is 39.4 Å². The van der Waals surface area contributed by atoms with Crippen molar-refractivity contribution in [2.24, 2.45) is 5.92 Å². The maximum absolute atomic E-state index is 12.9. The van der Waals surface area contributed by atoms with E-state index in [9.17, 15) is 4.79 Å². The quantitative estimate of drug-likeness (QED) is 0.857. The summed E-state index contributed by atoms with van der Waals surface area (Å²) in [5.41, 5.74) is 1.30. The van der Waals surface area contributed by atoms with Gasteiger partial charge in [-0.3, -0.25) is 9.69 Å². The first-order valence-corrected chi connectivity index (χ1v) is 9.30. The fourth-order valence-electron chi connectivity index (χ4n) is 3.85. The molecule has 1 saturated carbocycles. The van der Waals surface area contributed by atoms with E-state index in [0.717, 1.165) is 44.3 Å². The average molecular weight is 320 g/mol. The largest absolute Gasteiger partial charge is 0.379 e. The molecule has 3 heterocycles. The van der Waals surface area contributed by atoms with Crippen LogP contribution < -0.4 is 0 Å². The lowest BCUT2D eigenvalue weighted by atomic mass is 10.0. The predicted octanol–water partition coefficient (Wildman–Crippen LogP) is 2.42. The van der Waals surface area contributed by atoms with E-state index in [1.807, 2.05) is 0 Å². The Morgan fingerprint density at radius 3 is 2.77 bits per heavy atom. The van der Waals surface area contributed by atoms with Crippen LogP contribution in [0.15, 0.2) is 11.4 Å². The SMILES string of the molecule is C[C@@H]1CN(C(=O)c2sccc2C2CC2)C[C@@H]1N1CCOCC1. The molecule has 0 unspecified atom stereocenters. The van der Waals surface area contributed by atoms with Gasteiger partial charge in [-0.2, -0.15) is 0 Å². The predicted molar refractivity (Wildman–Crippen MR) is 87.5 cm³/mol. The molecule has 0 N–H and O–H groups in total. The zero-order chi connectivity index (χ0) is 15.1. The first-order chi connectivity index (χ1) is 10.7. The van der Waals surface area contributed by atoms with Crippen molar-refractivity contribution in [3.63, 3.8) is 0 Å². The molecule has 4 nitrogen and oxygen atoms in total. The molecule has 2 aliphatic heterocycles. The minimum Gasteiger partial charge on any atom is -0.379 e. The zero-order valence-electron chi connectivity index (χ0n) is 13.2. The van der Waals surface area contributed by atoms with Gasteiger partial charge in [0, 0.05) is 32.2 Å². The molecule has 2 saturated heterocycles. The number of ether oxygens (including phenoxy) is 1. The topological polar surface area (TPSA) is 32.8 Å². The molecule has 1 aromatic rings. The summed E-state index contributed by atoms with van der Waals surface area (Å²) < 4.78 is 5.46. The third kappa shape index (κ3) is 2.70. The lowest BCUT2D eigenvalue weighted by Gasteiger charge is -2.33. The molecule has 120 valence electrons. The Kier molecular flexibility index (Phi) is 3.96. The summed E-state index contributed by atoms with van der Waals surface area (Å²) in [6.07, 6.45) is 2.51. The van der Waals surface area contributed by atoms with Gasteiger partial charge < -0.3 is 9.64 Å². The van der Waals surface area contributed by atoms with E-state index < -0.39 is 0 Å². The molecule has 22 heavy (non-hydrogen) atoms. The fourth-order valence-corrected chi connectivity index (χ4v) is 4.80. The van der Waals surface area contributed by atoms with Gasteiger partial charge in [0.2, 0.25) is 0 Å². The number of likely N-dealkylation sites (tertiary alicyclic amines) is 1. The second-order valence-electron chi connectivity index (χ2n) is 6.88. The second kappa shape index (κ2) is 5.95. The van der Waals surface area contributed by atoms with Crippen LogP contribution in [0.3, 0.4) is 0 Å². The summed E-state index contributed by atoms with van der Waals surface area (Å²) in [6.45, 7) is 7.71. The molecule has 1 aromatic heterocycles. The van der Waals surface area contributed by atoms with E-state index in [1.165, 1.54) is 18.4 Å². The molecule has 3 fully saturated rings. The molecule has 3 aliphatic rings. The molecule has 4 rings (SSSR count). The normalized spacial score (nSPS) is 30.0. The zero-order valence-corrected chi connectivity index (χ0v) is 14.0. The molecule has 0 bridgehead atoms. The summed E-state index contributed by atoms with van der Waals surface area (Å²) in [7, 11) is 0. The van der Waals surface area contributed by atoms with Crippen LogP contribution in [0.1, 0.15) is 40.9 Å². The number of carbonyl (C=O) groups is 1. The van der Waals surface area contributed by atoms with E-state index in [-0.39, 0.29) is 5.91 Å². The highest BCUT2D eigenvalue weighted by atomic mass is 32.1. The molecule has 1 amide bonds. The van der Waals surface area contributed by atoms with Crippen molar-refractivity contribution in [2.45, 2.75) is 31.7 Å². The average Bonchev–Trinajstić information content (AvgIpc) is 3.14. The fraction of sp³-hybridized carbons (Fsp3) is 0.706. The van der Waals surface area contributed by atoms with Crippen molar-refractivity contribution >= 4 is 17.2 Å². The minimum atomic E-state index is 0.263. The van der Waals surface area contributed by atoms with Crippen LogP contribution in [-0.4, -0.2) is 61.1 Å². The molecular formula is C17H24N2O2S. The number of thiophene rings is 1. The van der Waals surface area contributed by atoms with Gasteiger partial charge in [0.05, 0.1) is 18.1 Å². The Bertz CT molecular complexity index is 549. The van der Waals surface area contributed by atoms with Crippen LogP contribution in [-0.2, 0) is 4.74 Å². The van der Waals surface area contributed by atoms with Crippen LogP contribution >= 0.6 is 11.3 Å². The minimum absolute atomic E-state index is 0.263. The Labute approximate surface area is 136 Å². The molecule has 0 aromatic carbocycles. The Morgan fingerprint density at radius 1 is 1.27 bits per heavy atom. The van der Waals surface area contributed by atoms with Crippen LogP contribution in [0.2, 0.25) is 0 Å². The van der Waals surface area contributed by atoms with E-state index in [4.69, 9.17) is 4.74 Å². The molecule has 1 aliphatic carbocycles. The van der Waals surface area contributed by atoms with Crippen molar-refractivity contribution < 1.29 is 9.53 Å². The van der Waals surface area contributed by atoms with Crippen molar-refractivity contribution in [1.29, 1.82) is 0 Å². The van der Waals surface area contributed by atoms with Crippen LogP contribution in [0, 0.1) is 5.92 Å². The van der Waals surface area contributed by atoms with E-state index in [1.54, 1.807) is 11.3 Å². The summed E-state index contributed by atoms with van der Waals surface area (Å²) >= 11 is 1.63. The summed E-state index contributed by atoms with van der Waals surface area (Å²) in [5, 5.41) is 2.08. The van der Waals surface area contributed by atoms with Crippen molar-refractivity contribution in [1.82, 2.24) is 9.80 Å². The van der Waals surface area contributed by atoms with Gasteiger partial charge in [0.1, 0.15) is 0 Å². The number of hydrogen-bond donors (Lipinski definition) is 0. The maximum Gasteiger partial charge on any atom is 0.264 e. The molecule has 5 heteroatoms. The van der Waals surface area contributed by atoms with Gasteiger partial charge in [-0.25, -0.2) is 0 Å². The Hall–Kier alpha value is -0.910. The molecular weight excluding hydrogens is 296 g/mol. The van der Waals surface area contributed by atoms with Crippen LogP contribution in [0.25, 0.3) is 0 Å². The highest BCUT2D eigenvalue weighted by molar-refractivity contribution is 7.12. The molecule has 2 atom stereocenters. The number of rotatable bonds is 3. The second-order valence-corrected chi connectivity index (χ2v) is 7.80. The number of amides is 1. The van der Waals surface area contributed by atoms with Gasteiger partial charge in [0.25, 0.3) is 5.91 Å². The first kappa shape index (κ1) is 14.7. The maximum atomic E-state index is 12.9. The standard InChI is InChI=1S/C17H24N2O2S/c1-12-10-19(11-15(12)18-5-7-21-8-6-18)17(20)16-14(4-9-22-16)13-2-3-13/h4,9,12-13,15H,2-3,5-8,10-11H2,1H3/t12-,15+/m1/s1. The lowest BCUT2D eigenvalue weighted by molar-refractivity contribution is 0.0119. The summed E-state index contributed by atoms with van der Waals surface area (Å²) in [5.74, 6) is 1.46. The van der Waals surface area contributed by atoms with Crippen molar-refractivity contribution in [3.05, 3.63) is 21.9 Å². The summed E-state index contributed by atoms with van der Waals surface area (Å²) in [4.78, 5) is 18.5. The Balaban J connectivity index is 1.46. The van der Waals surface area contributed by atoms with Gasteiger partial charge >= 0.3 is 0 Å². The first-order valence-electron chi connectivity index (χ1n) is 8.42. The number of carbonyl (C=O) groups excluding carboxylic acids is 1. The van der Waals surface area contributed by atoms with E-state index in [0.29, 0.717) is 17.9 Å². The van der Waals surface area contributed by atoms with Crippen LogP contribution in [0.5, 0.6) is 0 Å². The smallest absolute Gasteiger partial charge is 0.264 e. The Morgan fingerprint density at radius 2 is 2.05 bits per heavy atom. The number of hydrogen-bond acceptors (Lipinski definition) is 4. The number of morpholine rings is 1. The van der Waals surface area contributed by atoms with Gasteiger partial charge in [-0.1, -0.05) is 6.92 Å².